The van der Waals surface area contributed by atoms with Gasteiger partial charge in [0.25, 0.3) is 11.8 Å². The predicted molar refractivity (Wildman–Crippen MR) is 169 cm³/mol. The molecule has 0 unspecified atom stereocenters. The summed E-state index contributed by atoms with van der Waals surface area (Å²) >= 11 is 0. The van der Waals surface area contributed by atoms with E-state index in [4.69, 9.17) is 9.72 Å². The second-order valence-electron chi connectivity index (χ2n) is 11.6. The van der Waals surface area contributed by atoms with Gasteiger partial charge >= 0.3 is 0 Å². The highest BCUT2D eigenvalue weighted by Crippen LogP contribution is 2.40. The second kappa shape index (κ2) is 13.4. The molecular formula is C34H40N6O4. The Kier molecular flexibility index (Phi) is 9.39. The highest BCUT2D eigenvalue weighted by atomic mass is 16.5. The lowest BCUT2D eigenvalue weighted by molar-refractivity contribution is -0.130. The number of ether oxygens (including phenoxy) is 1. The minimum absolute atomic E-state index is 0.00399. The maximum Gasteiger partial charge on any atom is 0.257 e. The Morgan fingerprint density at radius 3 is 2.50 bits per heavy atom. The maximum absolute atomic E-state index is 13.3. The molecule has 2 aliphatic rings. The summed E-state index contributed by atoms with van der Waals surface area (Å²) in [6.45, 7) is 11.7. The molecule has 10 heteroatoms. The normalized spacial score (nSPS) is 17.5. The van der Waals surface area contributed by atoms with Gasteiger partial charge in [-0.15, -0.1) is 0 Å². The molecule has 2 aromatic heterocycles. The molecule has 1 saturated heterocycles. The number of rotatable bonds is 10. The Balaban J connectivity index is 1.44. The molecule has 2 fully saturated rings. The van der Waals surface area contributed by atoms with E-state index < -0.39 is 6.10 Å². The number of nitrogens with zero attached hydrogens (tertiary/aromatic N) is 4. The average molecular weight is 597 g/mol. The molecule has 10 nitrogen and oxygen atoms in total. The largest absolute Gasteiger partial charge is 0.482 e. The van der Waals surface area contributed by atoms with E-state index in [0.29, 0.717) is 54.8 Å². The van der Waals surface area contributed by atoms with Crippen molar-refractivity contribution in [1.82, 2.24) is 25.1 Å². The van der Waals surface area contributed by atoms with E-state index >= 15 is 0 Å². The van der Waals surface area contributed by atoms with Gasteiger partial charge in [-0.2, -0.15) is 0 Å². The molecule has 230 valence electrons. The number of nitrogens with one attached hydrogen (secondary N) is 2. The van der Waals surface area contributed by atoms with Crippen LogP contribution in [-0.4, -0.2) is 76.8 Å². The highest BCUT2D eigenvalue weighted by molar-refractivity contribution is 6.07. The molecule has 3 aromatic rings. The maximum atomic E-state index is 13.3. The molecule has 0 radical (unpaired) electrons. The van der Waals surface area contributed by atoms with Crippen molar-refractivity contribution < 1.29 is 19.1 Å². The summed E-state index contributed by atoms with van der Waals surface area (Å²) < 4.78 is 6.65. The average Bonchev–Trinajstić information content (AvgIpc) is 3.87. The van der Waals surface area contributed by atoms with Crippen molar-refractivity contribution in [2.75, 3.05) is 38.5 Å². The zero-order valence-corrected chi connectivity index (χ0v) is 25.8. The third kappa shape index (κ3) is 6.97. The van der Waals surface area contributed by atoms with Crippen molar-refractivity contribution in [2.24, 2.45) is 0 Å². The summed E-state index contributed by atoms with van der Waals surface area (Å²) in [5, 5.41) is 5.54. The van der Waals surface area contributed by atoms with E-state index in [-0.39, 0.29) is 29.3 Å². The van der Waals surface area contributed by atoms with E-state index in [2.05, 4.69) is 33.2 Å². The molecule has 0 spiro atoms. The number of carbonyl (C=O) groups excluding carboxylic acids is 3. The van der Waals surface area contributed by atoms with Crippen LogP contribution in [0.15, 0.2) is 61.4 Å². The van der Waals surface area contributed by atoms with E-state index in [0.717, 1.165) is 11.3 Å². The minimum atomic E-state index is -0.504. The summed E-state index contributed by atoms with van der Waals surface area (Å²) in [6.07, 6.45) is 6.75. The SMILES string of the molecule is C=CC(=O)N1CCN(C[C@@H](Oc2cc(C)c(C(=O)Nc3ncccc3C)cc2C(=O)NC)c2ccc(C3CC3)cn2)C[C@H]1C. The Hall–Kier alpha value is -4.57. The van der Waals surface area contributed by atoms with E-state index in [1.807, 2.05) is 44.0 Å². The van der Waals surface area contributed by atoms with Gasteiger partial charge in [-0.05, 0) is 86.6 Å². The van der Waals surface area contributed by atoms with Crippen LogP contribution in [0.25, 0.3) is 0 Å². The number of amides is 3. The van der Waals surface area contributed by atoms with Gasteiger partial charge in [0.05, 0.1) is 11.3 Å². The smallest absolute Gasteiger partial charge is 0.257 e. The summed E-state index contributed by atoms with van der Waals surface area (Å²) in [6, 6.07) is 11.1. The molecule has 3 heterocycles. The molecule has 44 heavy (non-hydrogen) atoms. The van der Waals surface area contributed by atoms with E-state index in [1.54, 1.807) is 31.4 Å². The zero-order chi connectivity index (χ0) is 31.4. The van der Waals surface area contributed by atoms with Crippen molar-refractivity contribution in [1.29, 1.82) is 0 Å². The van der Waals surface area contributed by atoms with Crippen molar-refractivity contribution >= 4 is 23.5 Å². The molecule has 1 saturated carbocycles. The Bertz CT molecular complexity index is 1550. The van der Waals surface area contributed by atoms with Gasteiger partial charge in [0, 0.05) is 57.2 Å². The lowest BCUT2D eigenvalue weighted by Crippen LogP contribution is -2.54. The predicted octanol–water partition coefficient (Wildman–Crippen LogP) is 4.42. The van der Waals surface area contributed by atoms with Crippen molar-refractivity contribution in [3.8, 4) is 5.75 Å². The quantitative estimate of drug-likeness (QED) is 0.333. The van der Waals surface area contributed by atoms with Crippen molar-refractivity contribution in [2.45, 2.75) is 51.7 Å². The summed E-state index contributed by atoms with van der Waals surface area (Å²) in [7, 11) is 1.55. The number of hydrogen-bond donors (Lipinski definition) is 2. The van der Waals surface area contributed by atoms with Crippen LogP contribution in [0.2, 0.25) is 0 Å². The summed E-state index contributed by atoms with van der Waals surface area (Å²) in [5.41, 5.74) is 4.05. The Labute approximate surface area is 258 Å². The fourth-order valence-electron chi connectivity index (χ4n) is 5.61. The van der Waals surface area contributed by atoms with Gasteiger partial charge in [-0.3, -0.25) is 24.3 Å². The molecule has 1 aliphatic heterocycles. The van der Waals surface area contributed by atoms with E-state index in [9.17, 15) is 14.4 Å². The van der Waals surface area contributed by atoms with Crippen LogP contribution in [-0.2, 0) is 4.79 Å². The first-order chi connectivity index (χ1) is 21.2. The molecule has 2 N–H and O–H groups in total. The third-order valence-corrected chi connectivity index (χ3v) is 8.33. The first-order valence-corrected chi connectivity index (χ1v) is 15.1. The molecule has 3 amide bonds. The molecular weight excluding hydrogens is 556 g/mol. The number of pyridine rings is 2. The van der Waals surface area contributed by atoms with Gasteiger partial charge < -0.3 is 20.3 Å². The first-order valence-electron chi connectivity index (χ1n) is 15.1. The molecule has 1 aliphatic carbocycles. The molecule has 1 aromatic carbocycles. The van der Waals surface area contributed by atoms with E-state index in [1.165, 1.54) is 24.5 Å². The molecule has 0 bridgehead atoms. The van der Waals surface area contributed by atoms with Crippen LogP contribution in [0, 0.1) is 13.8 Å². The zero-order valence-electron chi connectivity index (χ0n) is 25.8. The highest BCUT2D eigenvalue weighted by Gasteiger charge is 2.31. The summed E-state index contributed by atoms with van der Waals surface area (Å²) in [4.78, 5) is 51.9. The topological polar surface area (TPSA) is 117 Å². The van der Waals surface area contributed by atoms with Crippen molar-refractivity contribution in [3.05, 3.63) is 95.0 Å². The second-order valence-corrected chi connectivity index (χ2v) is 11.6. The van der Waals surface area contributed by atoms with Gasteiger partial charge in [0.15, 0.2) is 6.10 Å². The standard InChI is InChI=1S/C34H40N6O4/c1-6-31(41)40-15-14-39(19-23(40)4)20-30(28-12-11-25(18-37-28)24-9-10-24)44-29-16-22(3)26(17-27(29)33(42)35-5)34(43)38-32-21(2)8-7-13-36-32/h6-8,11-13,16-18,23-24,30H,1,9-10,14-15,19-20H2,2-5H3,(H,35,42)(H,36,38,43)/t23-,30-/m1/s1. The van der Waals surface area contributed by atoms with Gasteiger partial charge in [0.2, 0.25) is 5.91 Å². The number of aromatic nitrogens is 2. The number of aryl methyl sites for hydroxylation is 2. The van der Waals surface area contributed by atoms with Gasteiger partial charge in [-0.25, -0.2) is 4.98 Å². The van der Waals surface area contributed by atoms with Crippen LogP contribution in [0.5, 0.6) is 5.75 Å². The van der Waals surface area contributed by atoms with Gasteiger partial charge in [0.1, 0.15) is 11.6 Å². The van der Waals surface area contributed by atoms with Crippen LogP contribution in [0.1, 0.15) is 74.9 Å². The van der Waals surface area contributed by atoms with Crippen LogP contribution < -0.4 is 15.4 Å². The van der Waals surface area contributed by atoms with Crippen LogP contribution >= 0.6 is 0 Å². The number of carbonyl (C=O) groups is 3. The number of benzene rings is 1. The van der Waals surface area contributed by atoms with Crippen molar-refractivity contribution in [3.63, 3.8) is 0 Å². The monoisotopic (exact) mass is 596 g/mol. The Morgan fingerprint density at radius 2 is 1.86 bits per heavy atom. The number of hydrogen-bond acceptors (Lipinski definition) is 7. The van der Waals surface area contributed by atoms with Crippen LogP contribution in [0.4, 0.5) is 5.82 Å². The molecule has 5 rings (SSSR count). The fraction of sp³-hybridized carbons (Fsp3) is 0.382. The fourth-order valence-corrected chi connectivity index (χ4v) is 5.61. The molecule has 2 atom stereocenters. The van der Waals surface area contributed by atoms with Gasteiger partial charge in [-0.1, -0.05) is 18.7 Å². The van der Waals surface area contributed by atoms with Crippen LogP contribution in [0.3, 0.4) is 0 Å². The third-order valence-electron chi connectivity index (χ3n) is 8.33. The minimum Gasteiger partial charge on any atom is -0.482 e. The lowest BCUT2D eigenvalue weighted by Gasteiger charge is -2.40. The number of anilines is 1. The lowest BCUT2D eigenvalue weighted by atomic mass is 10.0. The first kappa shape index (κ1) is 30.9. The number of piperazine rings is 1. The Morgan fingerprint density at radius 1 is 1.07 bits per heavy atom. The summed E-state index contributed by atoms with van der Waals surface area (Å²) in [5.74, 6) is 0.584.